The van der Waals surface area contributed by atoms with E-state index < -0.39 is 0 Å². The first kappa shape index (κ1) is 13.9. The number of H-pyrrole nitrogens is 1. The molecule has 0 amide bonds. The molecular formula is C17H20N2O2. The lowest BCUT2D eigenvalue weighted by atomic mass is 10.1. The fourth-order valence-corrected chi connectivity index (χ4v) is 2.79. The number of nitrogens with one attached hydrogen (secondary N) is 1. The van der Waals surface area contributed by atoms with E-state index in [4.69, 9.17) is 4.74 Å². The van der Waals surface area contributed by atoms with E-state index in [2.05, 4.69) is 9.97 Å². The average Bonchev–Trinajstić information content (AvgIpc) is 2.74. The summed E-state index contributed by atoms with van der Waals surface area (Å²) in [5.74, 6) is 1.49. The zero-order valence-electron chi connectivity index (χ0n) is 12.3. The van der Waals surface area contributed by atoms with Gasteiger partial charge in [0.1, 0.15) is 11.6 Å². The van der Waals surface area contributed by atoms with Gasteiger partial charge in [0, 0.05) is 11.1 Å². The van der Waals surface area contributed by atoms with Gasteiger partial charge in [-0.3, -0.25) is 4.79 Å². The van der Waals surface area contributed by atoms with Crippen molar-refractivity contribution in [2.45, 2.75) is 39.0 Å². The van der Waals surface area contributed by atoms with Gasteiger partial charge in [-0.2, -0.15) is 0 Å². The van der Waals surface area contributed by atoms with Crippen molar-refractivity contribution >= 4 is 0 Å². The van der Waals surface area contributed by atoms with E-state index in [1.807, 2.05) is 31.2 Å². The van der Waals surface area contributed by atoms with Crippen LogP contribution in [0.3, 0.4) is 0 Å². The molecule has 0 unspecified atom stereocenters. The van der Waals surface area contributed by atoms with E-state index in [0.29, 0.717) is 12.4 Å². The summed E-state index contributed by atoms with van der Waals surface area (Å²) in [6, 6.07) is 7.69. The van der Waals surface area contributed by atoms with Gasteiger partial charge in [-0.25, -0.2) is 4.98 Å². The Morgan fingerprint density at radius 1 is 1.14 bits per heavy atom. The molecule has 4 heteroatoms. The SMILES string of the molecule is CCOc1ccc(-c2nc3c(c(=O)[nH]2)CCCCC3)cc1. The minimum Gasteiger partial charge on any atom is -0.494 e. The molecule has 0 bridgehead atoms. The molecule has 0 saturated carbocycles. The number of nitrogens with zero attached hydrogens (tertiary/aromatic N) is 1. The van der Waals surface area contributed by atoms with Gasteiger partial charge in [0.25, 0.3) is 5.56 Å². The Morgan fingerprint density at radius 2 is 1.90 bits per heavy atom. The van der Waals surface area contributed by atoms with Crippen molar-refractivity contribution in [1.82, 2.24) is 9.97 Å². The van der Waals surface area contributed by atoms with E-state index in [-0.39, 0.29) is 5.56 Å². The highest BCUT2D eigenvalue weighted by Gasteiger charge is 2.15. The van der Waals surface area contributed by atoms with Crippen LogP contribution < -0.4 is 10.3 Å². The van der Waals surface area contributed by atoms with Crippen LogP contribution in [0, 0.1) is 0 Å². The molecule has 0 atom stereocenters. The maximum absolute atomic E-state index is 12.3. The first-order valence-electron chi connectivity index (χ1n) is 7.63. The Kier molecular flexibility index (Phi) is 4.04. The van der Waals surface area contributed by atoms with E-state index in [1.54, 1.807) is 0 Å². The molecule has 3 rings (SSSR count). The Hall–Kier alpha value is -2.10. The maximum atomic E-state index is 12.3. The van der Waals surface area contributed by atoms with Crippen molar-refractivity contribution in [3.05, 3.63) is 45.9 Å². The maximum Gasteiger partial charge on any atom is 0.254 e. The zero-order chi connectivity index (χ0) is 14.7. The first-order valence-corrected chi connectivity index (χ1v) is 7.63. The highest BCUT2D eigenvalue weighted by atomic mass is 16.5. The molecule has 4 nitrogen and oxygen atoms in total. The van der Waals surface area contributed by atoms with E-state index >= 15 is 0 Å². The number of hydrogen-bond acceptors (Lipinski definition) is 3. The lowest BCUT2D eigenvalue weighted by Gasteiger charge is -2.08. The predicted molar refractivity (Wildman–Crippen MR) is 82.7 cm³/mol. The largest absolute Gasteiger partial charge is 0.494 e. The molecule has 0 fully saturated rings. The summed E-state index contributed by atoms with van der Waals surface area (Å²) in [4.78, 5) is 19.9. The standard InChI is InChI=1S/C17H20N2O2/c1-2-21-13-10-8-12(9-11-13)16-18-15-7-5-3-4-6-14(15)17(20)19-16/h8-11H,2-7H2,1H3,(H,18,19,20). The second-order valence-electron chi connectivity index (χ2n) is 5.36. The van der Waals surface area contributed by atoms with Crippen molar-refractivity contribution in [1.29, 1.82) is 0 Å². The van der Waals surface area contributed by atoms with Crippen molar-refractivity contribution in [2.75, 3.05) is 6.61 Å². The summed E-state index contributed by atoms with van der Waals surface area (Å²) in [7, 11) is 0. The third-order valence-electron chi connectivity index (χ3n) is 3.88. The van der Waals surface area contributed by atoms with Crippen molar-refractivity contribution in [3.8, 4) is 17.1 Å². The van der Waals surface area contributed by atoms with Gasteiger partial charge in [0.05, 0.1) is 12.3 Å². The molecule has 0 radical (unpaired) electrons. The minimum atomic E-state index is 0.0192. The molecule has 110 valence electrons. The number of hydrogen-bond donors (Lipinski definition) is 1. The van der Waals surface area contributed by atoms with Crippen LogP contribution >= 0.6 is 0 Å². The number of ether oxygens (including phenoxy) is 1. The van der Waals surface area contributed by atoms with Gasteiger partial charge in [0.15, 0.2) is 0 Å². The summed E-state index contributed by atoms with van der Waals surface area (Å²) in [5, 5.41) is 0. The van der Waals surface area contributed by atoms with Gasteiger partial charge >= 0.3 is 0 Å². The molecule has 1 aliphatic rings. The summed E-state index contributed by atoms with van der Waals surface area (Å²) in [6.45, 7) is 2.60. The molecule has 0 aliphatic heterocycles. The van der Waals surface area contributed by atoms with Gasteiger partial charge in [-0.15, -0.1) is 0 Å². The molecule has 1 aromatic heterocycles. The van der Waals surface area contributed by atoms with Crippen LogP contribution in [0.25, 0.3) is 11.4 Å². The van der Waals surface area contributed by atoms with Crippen LogP contribution in [-0.4, -0.2) is 16.6 Å². The lowest BCUT2D eigenvalue weighted by molar-refractivity contribution is 0.340. The number of aryl methyl sites for hydroxylation is 1. The summed E-state index contributed by atoms with van der Waals surface area (Å²) in [5.41, 5.74) is 2.79. The number of fused-ring (bicyclic) bond motifs is 1. The minimum absolute atomic E-state index is 0.0192. The highest BCUT2D eigenvalue weighted by molar-refractivity contribution is 5.56. The van der Waals surface area contributed by atoms with E-state index in [9.17, 15) is 4.79 Å². The van der Waals surface area contributed by atoms with Crippen LogP contribution in [0.1, 0.15) is 37.4 Å². The number of aromatic nitrogens is 2. The van der Waals surface area contributed by atoms with Crippen LogP contribution in [0.4, 0.5) is 0 Å². The topological polar surface area (TPSA) is 55.0 Å². The molecule has 21 heavy (non-hydrogen) atoms. The van der Waals surface area contributed by atoms with E-state index in [1.165, 1.54) is 6.42 Å². The van der Waals surface area contributed by atoms with Crippen molar-refractivity contribution in [3.63, 3.8) is 0 Å². The Morgan fingerprint density at radius 3 is 2.67 bits per heavy atom. The first-order chi connectivity index (χ1) is 10.3. The Balaban J connectivity index is 1.97. The van der Waals surface area contributed by atoms with Gasteiger partial charge in [-0.05, 0) is 56.9 Å². The number of aromatic amines is 1. The van der Waals surface area contributed by atoms with Crippen LogP contribution in [0.15, 0.2) is 29.1 Å². The van der Waals surface area contributed by atoms with Crippen LogP contribution in [0.2, 0.25) is 0 Å². The fraction of sp³-hybridized carbons (Fsp3) is 0.412. The lowest BCUT2D eigenvalue weighted by Crippen LogP contribution is -2.18. The molecule has 1 aliphatic carbocycles. The normalized spacial score (nSPS) is 14.3. The summed E-state index contributed by atoms with van der Waals surface area (Å²) in [6.07, 6.45) is 5.13. The zero-order valence-corrected chi connectivity index (χ0v) is 12.3. The van der Waals surface area contributed by atoms with Crippen molar-refractivity contribution in [2.24, 2.45) is 0 Å². The summed E-state index contributed by atoms with van der Waals surface area (Å²) >= 11 is 0. The fourth-order valence-electron chi connectivity index (χ4n) is 2.79. The third kappa shape index (κ3) is 2.99. The van der Waals surface area contributed by atoms with E-state index in [0.717, 1.165) is 48.3 Å². The predicted octanol–water partition coefficient (Wildman–Crippen LogP) is 3.10. The third-order valence-corrected chi connectivity index (χ3v) is 3.88. The van der Waals surface area contributed by atoms with Crippen molar-refractivity contribution < 1.29 is 4.74 Å². The molecule has 1 N–H and O–H groups in total. The second-order valence-corrected chi connectivity index (χ2v) is 5.36. The molecule has 1 aromatic carbocycles. The number of rotatable bonds is 3. The quantitative estimate of drug-likeness (QED) is 0.881. The highest BCUT2D eigenvalue weighted by Crippen LogP contribution is 2.21. The Labute approximate surface area is 124 Å². The number of benzene rings is 1. The van der Waals surface area contributed by atoms with Gasteiger partial charge in [0.2, 0.25) is 0 Å². The second kappa shape index (κ2) is 6.12. The average molecular weight is 284 g/mol. The molecule has 0 saturated heterocycles. The van der Waals surface area contributed by atoms with Gasteiger partial charge in [-0.1, -0.05) is 6.42 Å². The smallest absolute Gasteiger partial charge is 0.254 e. The monoisotopic (exact) mass is 284 g/mol. The van der Waals surface area contributed by atoms with Crippen LogP contribution in [0.5, 0.6) is 5.75 Å². The summed E-state index contributed by atoms with van der Waals surface area (Å²) < 4.78 is 5.44. The molecule has 0 spiro atoms. The Bertz CT molecular complexity index is 674. The molecular weight excluding hydrogens is 264 g/mol. The molecule has 1 heterocycles. The van der Waals surface area contributed by atoms with Crippen LogP contribution in [-0.2, 0) is 12.8 Å². The molecule has 2 aromatic rings. The van der Waals surface area contributed by atoms with Gasteiger partial charge < -0.3 is 9.72 Å².